The SMILES string of the molecule is C[C@@H]1CCC/C=C/C=C/[C@H](O)C[C@@H](O)CC=CC=C[C@@H](O)C/C=C/C=CC(=O)O1. The van der Waals surface area contributed by atoms with Crippen LogP contribution in [0.2, 0.25) is 0 Å². The van der Waals surface area contributed by atoms with Crippen LogP contribution in [0.25, 0.3) is 0 Å². The van der Waals surface area contributed by atoms with Crippen LogP contribution in [-0.4, -0.2) is 45.7 Å². The molecule has 0 aliphatic carbocycles. The Bertz CT molecular complexity index is 627. The molecular weight excluding hydrogens is 368 g/mol. The molecule has 0 radical (unpaired) electrons. The lowest BCUT2D eigenvalue weighted by Crippen LogP contribution is -2.14. The normalized spacial score (nSPS) is 32.1. The quantitative estimate of drug-likeness (QED) is 0.538. The van der Waals surface area contributed by atoms with E-state index < -0.39 is 18.3 Å². The molecule has 0 bridgehead atoms. The number of rotatable bonds is 0. The van der Waals surface area contributed by atoms with E-state index in [1.165, 1.54) is 6.08 Å². The molecule has 0 aromatic carbocycles. The van der Waals surface area contributed by atoms with Gasteiger partial charge in [0.25, 0.3) is 0 Å². The van der Waals surface area contributed by atoms with Crippen molar-refractivity contribution in [2.75, 3.05) is 0 Å². The molecule has 0 unspecified atom stereocenters. The lowest BCUT2D eigenvalue weighted by Gasteiger charge is -2.10. The molecule has 0 amide bonds. The van der Waals surface area contributed by atoms with Gasteiger partial charge in [-0.05, 0) is 39.0 Å². The molecule has 1 rings (SSSR count). The number of hydrogen-bond donors (Lipinski definition) is 3. The third kappa shape index (κ3) is 14.4. The summed E-state index contributed by atoms with van der Waals surface area (Å²) in [7, 11) is 0. The van der Waals surface area contributed by atoms with Crippen LogP contribution in [0.5, 0.6) is 0 Å². The van der Waals surface area contributed by atoms with Crippen molar-refractivity contribution in [1.29, 1.82) is 0 Å². The number of hydrogen-bond acceptors (Lipinski definition) is 5. The summed E-state index contributed by atoms with van der Waals surface area (Å²) in [5.74, 6) is -0.378. The molecule has 1 aliphatic rings. The van der Waals surface area contributed by atoms with E-state index in [0.717, 1.165) is 19.3 Å². The molecule has 0 fully saturated rings. The zero-order valence-electron chi connectivity index (χ0n) is 17.1. The largest absolute Gasteiger partial charge is 0.460 e. The average Bonchev–Trinajstić information content (AvgIpc) is 2.65. The summed E-state index contributed by atoms with van der Waals surface area (Å²) in [6.45, 7) is 1.87. The van der Waals surface area contributed by atoms with Crippen molar-refractivity contribution >= 4 is 5.97 Å². The van der Waals surface area contributed by atoms with Gasteiger partial charge in [0.15, 0.2) is 0 Å². The first-order chi connectivity index (χ1) is 14.0. The fraction of sp³-hybridized carbons (Fsp3) is 0.458. The van der Waals surface area contributed by atoms with Gasteiger partial charge >= 0.3 is 5.97 Å². The van der Waals surface area contributed by atoms with E-state index in [-0.39, 0.29) is 18.5 Å². The van der Waals surface area contributed by atoms with Gasteiger partial charge in [-0.3, -0.25) is 0 Å². The molecule has 160 valence electrons. The Kier molecular flexibility index (Phi) is 13.4. The summed E-state index contributed by atoms with van der Waals surface area (Å²) in [6, 6.07) is 0. The van der Waals surface area contributed by atoms with E-state index in [0.29, 0.717) is 12.8 Å². The molecule has 0 aromatic rings. The molecule has 0 spiro atoms. The van der Waals surface area contributed by atoms with E-state index in [9.17, 15) is 20.1 Å². The van der Waals surface area contributed by atoms with Crippen LogP contribution in [0.1, 0.15) is 45.4 Å². The van der Waals surface area contributed by atoms with Crippen LogP contribution in [0.15, 0.2) is 72.9 Å². The van der Waals surface area contributed by atoms with Crippen molar-refractivity contribution in [3.05, 3.63) is 72.9 Å². The molecule has 0 saturated heterocycles. The summed E-state index contributed by atoms with van der Waals surface area (Å²) >= 11 is 0. The van der Waals surface area contributed by atoms with Gasteiger partial charge in [-0.15, -0.1) is 0 Å². The van der Waals surface area contributed by atoms with E-state index in [1.807, 2.05) is 19.1 Å². The minimum atomic E-state index is -0.703. The third-order valence-electron chi connectivity index (χ3n) is 4.24. The number of carbonyl (C=O) groups excluding carboxylic acids is 1. The molecule has 5 nitrogen and oxygen atoms in total. The predicted octanol–water partition coefficient (Wildman–Crippen LogP) is 3.69. The van der Waals surface area contributed by atoms with Gasteiger partial charge in [0, 0.05) is 12.5 Å². The lowest BCUT2D eigenvalue weighted by molar-refractivity contribution is -0.142. The molecule has 1 heterocycles. The number of cyclic esters (lactones) is 1. The second kappa shape index (κ2) is 15.7. The van der Waals surface area contributed by atoms with Gasteiger partial charge in [0.1, 0.15) is 0 Å². The smallest absolute Gasteiger partial charge is 0.331 e. The van der Waals surface area contributed by atoms with Crippen molar-refractivity contribution in [3.63, 3.8) is 0 Å². The number of allylic oxidation sites excluding steroid dienone is 7. The second-order valence-electron chi connectivity index (χ2n) is 7.09. The first-order valence-corrected chi connectivity index (χ1v) is 10.2. The van der Waals surface area contributed by atoms with Crippen LogP contribution >= 0.6 is 0 Å². The van der Waals surface area contributed by atoms with E-state index in [4.69, 9.17) is 4.74 Å². The maximum atomic E-state index is 11.7. The lowest BCUT2D eigenvalue weighted by atomic mass is 10.1. The molecule has 1 aliphatic heterocycles. The fourth-order valence-corrected chi connectivity index (χ4v) is 2.66. The van der Waals surface area contributed by atoms with E-state index in [1.54, 1.807) is 54.7 Å². The number of aliphatic hydroxyl groups excluding tert-OH is 3. The van der Waals surface area contributed by atoms with Crippen LogP contribution in [0.3, 0.4) is 0 Å². The fourth-order valence-electron chi connectivity index (χ4n) is 2.66. The van der Waals surface area contributed by atoms with Gasteiger partial charge in [-0.2, -0.15) is 0 Å². The number of ether oxygens (including phenoxy) is 1. The molecule has 5 heteroatoms. The zero-order chi connectivity index (χ0) is 21.3. The molecule has 3 N–H and O–H groups in total. The Labute approximate surface area is 174 Å². The minimum absolute atomic E-state index is 0.158. The summed E-state index contributed by atoms with van der Waals surface area (Å²) in [4.78, 5) is 11.7. The van der Waals surface area contributed by atoms with Crippen molar-refractivity contribution < 1.29 is 24.9 Å². The van der Waals surface area contributed by atoms with Crippen molar-refractivity contribution in [2.24, 2.45) is 0 Å². The Morgan fingerprint density at radius 1 is 0.862 bits per heavy atom. The van der Waals surface area contributed by atoms with Crippen LogP contribution < -0.4 is 0 Å². The van der Waals surface area contributed by atoms with Gasteiger partial charge in [0.2, 0.25) is 0 Å². The topological polar surface area (TPSA) is 87.0 Å². The van der Waals surface area contributed by atoms with Crippen LogP contribution in [-0.2, 0) is 9.53 Å². The monoisotopic (exact) mass is 402 g/mol. The minimum Gasteiger partial charge on any atom is -0.460 e. The Hall–Kier alpha value is -2.21. The van der Waals surface area contributed by atoms with Crippen LogP contribution in [0, 0.1) is 0 Å². The molecule has 29 heavy (non-hydrogen) atoms. The maximum absolute atomic E-state index is 11.7. The highest BCUT2D eigenvalue weighted by Crippen LogP contribution is 2.08. The Morgan fingerprint density at radius 2 is 1.52 bits per heavy atom. The second-order valence-corrected chi connectivity index (χ2v) is 7.09. The number of aliphatic hydroxyl groups is 3. The van der Waals surface area contributed by atoms with E-state index >= 15 is 0 Å². The average molecular weight is 403 g/mol. The molecule has 0 aromatic heterocycles. The van der Waals surface area contributed by atoms with E-state index in [2.05, 4.69) is 0 Å². The summed E-state index contributed by atoms with van der Waals surface area (Å²) in [5.41, 5.74) is 0. The van der Waals surface area contributed by atoms with Crippen LogP contribution in [0.4, 0.5) is 0 Å². The third-order valence-corrected chi connectivity index (χ3v) is 4.24. The first kappa shape index (κ1) is 24.8. The summed E-state index contributed by atoms with van der Waals surface area (Å²) in [6.07, 6.45) is 22.2. The van der Waals surface area contributed by atoms with Gasteiger partial charge in [0.05, 0.1) is 24.4 Å². The highest BCUT2D eigenvalue weighted by atomic mass is 16.5. The number of esters is 1. The Morgan fingerprint density at radius 3 is 2.31 bits per heavy atom. The zero-order valence-corrected chi connectivity index (χ0v) is 17.1. The molecular formula is C24H34O5. The van der Waals surface area contributed by atoms with Crippen molar-refractivity contribution in [3.8, 4) is 0 Å². The van der Waals surface area contributed by atoms with Crippen molar-refractivity contribution in [2.45, 2.75) is 69.9 Å². The van der Waals surface area contributed by atoms with Crippen molar-refractivity contribution in [1.82, 2.24) is 0 Å². The Balaban J connectivity index is 2.66. The first-order valence-electron chi connectivity index (χ1n) is 10.2. The number of carbonyl (C=O) groups is 1. The highest BCUT2D eigenvalue weighted by molar-refractivity contribution is 5.82. The molecule has 0 saturated carbocycles. The van der Waals surface area contributed by atoms with Gasteiger partial charge in [-0.25, -0.2) is 4.79 Å². The molecule has 4 atom stereocenters. The van der Waals surface area contributed by atoms with Gasteiger partial charge in [-0.1, -0.05) is 66.8 Å². The summed E-state index contributed by atoms with van der Waals surface area (Å²) < 4.78 is 5.31. The predicted molar refractivity (Wildman–Crippen MR) is 116 cm³/mol. The summed E-state index contributed by atoms with van der Waals surface area (Å²) in [5, 5.41) is 29.8. The van der Waals surface area contributed by atoms with Gasteiger partial charge < -0.3 is 20.1 Å². The highest BCUT2D eigenvalue weighted by Gasteiger charge is 2.07. The maximum Gasteiger partial charge on any atom is 0.331 e. The standard InChI is InChI=1S/C24H34O5/c1-20-13-7-3-2-4-8-16-22(26)19-23(27)17-11-5-9-14-21(25)15-10-6-12-18-24(28)29-20/h2,4-6,8-12,14,16,18,20-23,25-27H,3,7,13,15,17,19H2,1H3/b4-2+,10-6+,11-5?,14-9?,16-8+,18-12?/t20-,21-,22+,23+/m1/s1.